The molecule has 1 aromatic carbocycles. The lowest BCUT2D eigenvalue weighted by Gasteiger charge is -2.22. The third-order valence-electron chi connectivity index (χ3n) is 5.65. The Morgan fingerprint density at radius 1 is 1.25 bits per heavy atom. The second-order valence-electron chi connectivity index (χ2n) is 7.74. The van der Waals surface area contributed by atoms with Crippen LogP contribution in [-0.4, -0.2) is 26.7 Å². The van der Waals surface area contributed by atoms with Crippen molar-refractivity contribution in [2.75, 3.05) is 32.1 Å². The van der Waals surface area contributed by atoms with Crippen molar-refractivity contribution in [1.29, 1.82) is 0 Å². The van der Waals surface area contributed by atoms with Crippen LogP contribution in [0.1, 0.15) is 44.1 Å². The van der Waals surface area contributed by atoms with E-state index in [0.717, 1.165) is 30.2 Å². The van der Waals surface area contributed by atoms with E-state index in [1.807, 2.05) is 13.1 Å². The van der Waals surface area contributed by atoms with Crippen LogP contribution in [0.2, 0.25) is 0 Å². The van der Waals surface area contributed by atoms with E-state index in [0.29, 0.717) is 6.61 Å². The minimum absolute atomic E-state index is 0.585. The van der Waals surface area contributed by atoms with E-state index in [2.05, 4.69) is 59.7 Å². The topological polar surface area (TPSA) is 33.3 Å². The summed E-state index contributed by atoms with van der Waals surface area (Å²) in [6.45, 7) is 7.32. The maximum Gasteiger partial charge on any atom is 0.120 e. The second kappa shape index (κ2) is 10.9. The van der Waals surface area contributed by atoms with Crippen molar-refractivity contribution in [3.8, 4) is 5.75 Å². The van der Waals surface area contributed by atoms with Crippen molar-refractivity contribution >= 4 is 11.3 Å². The number of rotatable bonds is 9. The van der Waals surface area contributed by atoms with Crippen molar-refractivity contribution in [3.05, 3.63) is 66.3 Å². The molecule has 3 nitrogen and oxygen atoms in total. The quantitative estimate of drug-likeness (QED) is 0.575. The smallest absolute Gasteiger partial charge is 0.120 e. The van der Waals surface area contributed by atoms with E-state index >= 15 is 0 Å². The largest absolute Gasteiger partial charge is 0.489 e. The molecule has 0 atom stereocenters. The molecule has 1 fully saturated rings. The summed E-state index contributed by atoms with van der Waals surface area (Å²) in [7, 11) is 1.97. The van der Waals surface area contributed by atoms with Crippen LogP contribution >= 0.6 is 0 Å². The molecule has 1 saturated heterocycles. The van der Waals surface area contributed by atoms with Gasteiger partial charge >= 0.3 is 0 Å². The van der Waals surface area contributed by atoms with Gasteiger partial charge in [-0.1, -0.05) is 43.4 Å². The standard InChI is InChI=1S/C25H34N2O/c1-20(8-7-11-21-14-16-27-17-15-21)24-18-23(12-13-25(24)26-2)28-19-22-9-5-3-4-6-10-22/h3,5-6,9-10,12-13,18,21,26-27H,1,4,7-8,11,14-17,19H2,2H3. The predicted octanol–water partition coefficient (Wildman–Crippen LogP) is 5.73. The SMILES string of the molecule is C=C(CCCC1CCNCC1)c1cc(OCC2=CC=CCC=C2)ccc1NC. The molecule has 0 radical (unpaired) electrons. The fourth-order valence-electron chi connectivity index (χ4n) is 3.92. The van der Waals surface area contributed by atoms with Crippen LogP contribution in [-0.2, 0) is 0 Å². The lowest BCUT2D eigenvalue weighted by Crippen LogP contribution is -2.27. The molecule has 0 amide bonds. The van der Waals surface area contributed by atoms with Crippen LogP contribution < -0.4 is 15.4 Å². The van der Waals surface area contributed by atoms with Crippen molar-refractivity contribution in [2.45, 2.75) is 38.5 Å². The summed E-state index contributed by atoms with van der Waals surface area (Å²) < 4.78 is 6.06. The molecule has 3 rings (SSSR count). The van der Waals surface area contributed by atoms with Crippen molar-refractivity contribution in [2.24, 2.45) is 5.92 Å². The Labute approximate surface area is 170 Å². The number of nitrogens with one attached hydrogen (secondary N) is 2. The van der Waals surface area contributed by atoms with Crippen LogP contribution in [0.4, 0.5) is 5.69 Å². The molecule has 1 aliphatic heterocycles. The molecule has 1 heterocycles. The van der Waals surface area contributed by atoms with Gasteiger partial charge in [-0.25, -0.2) is 0 Å². The average Bonchev–Trinajstić information content (AvgIpc) is 3.01. The van der Waals surface area contributed by atoms with Gasteiger partial charge in [0.15, 0.2) is 0 Å². The zero-order chi connectivity index (χ0) is 19.6. The fourth-order valence-corrected chi connectivity index (χ4v) is 3.92. The highest BCUT2D eigenvalue weighted by molar-refractivity contribution is 5.76. The van der Waals surface area contributed by atoms with Crippen molar-refractivity contribution < 1.29 is 4.74 Å². The first-order chi connectivity index (χ1) is 13.8. The van der Waals surface area contributed by atoms with Crippen LogP contribution in [0.5, 0.6) is 5.75 Å². The molecule has 1 aliphatic carbocycles. The lowest BCUT2D eigenvalue weighted by atomic mass is 9.90. The maximum absolute atomic E-state index is 6.06. The molecule has 0 spiro atoms. The third kappa shape index (κ3) is 6.13. The van der Waals surface area contributed by atoms with Gasteiger partial charge in [0.05, 0.1) is 0 Å². The molecule has 0 bridgehead atoms. The Bertz CT molecular complexity index is 739. The summed E-state index contributed by atoms with van der Waals surface area (Å²) in [6.07, 6.45) is 17.8. The van der Waals surface area contributed by atoms with Gasteiger partial charge in [-0.2, -0.15) is 0 Å². The summed E-state index contributed by atoms with van der Waals surface area (Å²) in [4.78, 5) is 0. The second-order valence-corrected chi connectivity index (χ2v) is 7.74. The van der Waals surface area contributed by atoms with E-state index < -0.39 is 0 Å². The number of benzene rings is 1. The molecule has 1 aromatic rings. The van der Waals surface area contributed by atoms with Crippen molar-refractivity contribution in [1.82, 2.24) is 5.32 Å². The molecular formula is C25H34N2O. The molecule has 3 heteroatoms. The summed E-state index contributed by atoms with van der Waals surface area (Å²) in [6, 6.07) is 6.27. The van der Waals surface area contributed by atoms with E-state index in [4.69, 9.17) is 4.74 Å². The number of ether oxygens (including phenoxy) is 1. The van der Waals surface area contributed by atoms with Crippen LogP contribution in [0.25, 0.3) is 5.57 Å². The third-order valence-corrected chi connectivity index (χ3v) is 5.65. The highest BCUT2D eigenvalue weighted by Crippen LogP contribution is 2.31. The van der Waals surface area contributed by atoms with Gasteiger partial charge in [-0.15, -0.1) is 0 Å². The zero-order valence-corrected chi connectivity index (χ0v) is 17.2. The molecule has 2 aliphatic rings. The summed E-state index contributed by atoms with van der Waals surface area (Å²) in [5.74, 6) is 1.78. The van der Waals surface area contributed by atoms with Gasteiger partial charge in [0.25, 0.3) is 0 Å². The minimum Gasteiger partial charge on any atom is -0.489 e. The van der Waals surface area contributed by atoms with Crippen LogP contribution in [0.3, 0.4) is 0 Å². The Morgan fingerprint density at radius 2 is 2.11 bits per heavy atom. The fraction of sp³-hybridized carbons (Fsp3) is 0.440. The Hall–Kier alpha value is -2.26. The number of piperidine rings is 1. The Kier molecular flexibility index (Phi) is 7.98. The Balaban J connectivity index is 1.57. The summed E-state index contributed by atoms with van der Waals surface area (Å²) in [5, 5.41) is 6.75. The van der Waals surface area contributed by atoms with Crippen molar-refractivity contribution in [3.63, 3.8) is 0 Å². The van der Waals surface area contributed by atoms with Gasteiger partial charge < -0.3 is 15.4 Å². The number of anilines is 1. The molecule has 0 aromatic heterocycles. The van der Waals surface area contributed by atoms with Gasteiger partial charge in [-0.05, 0) is 80.5 Å². The van der Waals surface area contributed by atoms with Gasteiger partial charge in [0.1, 0.15) is 12.4 Å². The monoisotopic (exact) mass is 378 g/mol. The summed E-state index contributed by atoms with van der Waals surface area (Å²) in [5.41, 5.74) is 4.68. The van der Waals surface area contributed by atoms with E-state index in [-0.39, 0.29) is 0 Å². The first kappa shape index (κ1) is 20.5. The zero-order valence-electron chi connectivity index (χ0n) is 17.2. The molecule has 0 saturated carbocycles. The molecule has 2 N–H and O–H groups in total. The van der Waals surface area contributed by atoms with Gasteiger partial charge in [0, 0.05) is 18.3 Å². The minimum atomic E-state index is 0.585. The first-order valence-electron chi connectivity index (χ1n) is 10.6. The summed E-state index contributed by atoms with van der Waals surface area (Å²) >= 11 is 0. The highest BCUT2D eigenvalue weighted by atomic mass is 16.5. The predicted molar refractivity (Wildman–Crippen MR) is 121 cm³/mol. The van der Waals surface area contributed by atoms with E-state index in [1.54, 1.807) is 0 Å². The average molecular weight is 379 g/mol. The molecule has 28 heavy (non-hydrogen) atoms. The van der Waals surface area contributed by atoms with Crippen LogP contribution in [0, 0.1) is 5.92 Å². The molecule has 150 valence electrons. The number of hydrogen-bond acceptors (Lipinski definition) is 3. The normalized spacial score (nSPS) is 17.1. The number of hydrogen-bond donors (Lipinski definition) is 2. The van der Waals surface area contributed by atoms with E-state index in [9.17, 15) is 0 Å². The maximum atomic E-state index is 6.06. The van der Waals surface area contributed by atoms with Crippen LogP contribution in [0.15, 0.2) is 60.7 Å². The lowest BCUT2D eigenvalue weighted by molar-refractivity contribution is 0.348. The Morgan fingerprint density at radius 3 is 2.93 bits per heavy atom. The van der Waals surface area contributed by atoms with Gasteiger partial charge in [0.2, 0.25) is 0 Å². The molecule has 0 unspecified atom stereocenters. The molecular weight excluding hydrogens is 344 g/mol. The highest BCUT2D eigenvalue weighted by Gasteiger charge is 2.13. The van der Waals surface area contributed by atoms with E-state index in [1.165, 1.54) is 55.5 Å². The van der Waals surface area contributed by atoms with Gasteiger partial charge in [-0.3, -0.25) is 0 Å². The number of allylic oxidation sites excluding steroid dienone is 5. The first-order valence-corrected chi connectivity index (χ1v) is 10.6.